The second kappa shape index (κ2) is 14.8. The molecule has 0 radical (unpaired) electrons. The van der Waals surface area contributed by atoms with E-state index in [4.69, 9.17) is 14.2 Å². The molecule has 0 aliphatic carbocycles. The molecule has 0 aromatic heterocycles. The van der Waals surface area contributed by atoms with Gasteiger partial charge in [-0.3, -0.25) is 4.90 Å². The van der Waals surface area contributed by atoms with Gasteiger partial charge < -0.3 is 19.3 Å². The highest BCUT2D eigenvalue weighted by molar-refractivity contribution is 4.86. The lowest BCUT2D eigenvalue weighted by atomic mass is 9.84. The minimum absolute atomic E-state index is 0.0696. The summed E-state index contributed by atoms with van der Waals surface area (Å²) in [4.78, 5) is 2.36. The molecular weight excluding hydrogens is 330 g/mol. The predicted octanol–water partition coefficient (Wildman–Crippen LogP) is 4.29. The third kappa shape index (κ3) is 8.22. The Bertz CT molecular complexity index is 313. The zero-order chi connectivity index (χ0) is 20.0. The largest absolute Gasteiger partial charge is 0.395 e. The SMILES string of the molecule is CCCCCCCC(C(CC(C)C)C(OC)(OC)OC)N(CC)CCO. The van der Waals surface area contributed by atoms with Gasteiger partial charge in [-0.15, -0.1) is 0 Å². The van der Waals surface area contributed by atoms with E-state index in [0.717, 1.165) is 19.4 Å². The van der Waals surface area contributed by atoms with E-state index in [9.17, 15) is 5.11 Å². The number of nitrogens with zero attached hydrogens (tertiary/aromatic N) is 1. The molecule has 2 unspecified atom stereocenters. The smallest absolute Gasteiger partial charge is 0.286 e. The van der Waals surface area contributed by atoms with Gasteiger partial charge in [0, 0.05) is 33.9 Å². The van der Waals surface area contributed by atoms with Crippen molar-refractivity contribution in [3.8, 4) is 0 Å². The number of hydrogen-bond acceptors (Lipinski definition) is 5. The first kappa shape index (κ1) is 25.8. The van der Waals surface area contributed by atoms with Crippen molar-refractivity contribution in [1.29, 1.82) is 0 Å². The van der Waals surface area contributed by atoms with Crippen LogP contribution in [-0.2, 0) is 14.2 Å². The van der Waals surface area contributed by atoms with Crippen molar-refractivity contribution in [2.24, 2.45) is 11.8 Å². The molecule has 26 heavy (non-hydrogen) atoms. The summed E-state index contributed by atoms with van der Waals surface area (Å²) < 4.78 is 17.3. The molecule has 0 bridgehead atoms. The van der Waals surface area contributed by atoms with Crippen LogP contribution in [0.5, 0.6) is 0 Å². The van der Waals surface area contributed by atoms with E-state index in [1.165, 1.54) is 32.1 Å². The van der Waals surface area contributed by atoms with Gasteiger partial charge in [-0.05, 0) is 25.3 Å². The van der Waals surface area contributed by atoms with E-state index in [1.807, 2.05) is 0 Å². The summed E-state index contributed by atoms with van der Waals surface area (Å²) in [6.07, 6.45) is 8.26. The molecule has 0 saturated heterocycles. The Morgan fingerprint density at radius 3 is 1.92 bits per heavy atom. The van der Waals surface area contributed by atoms with Crippen LogP contribution in [-0.4, -0.2) is 63.0 Å². The van der Waals surface area contributed by atoms with Crippen molar-refractivity contribution >= 4 is 0 Å². The number of methoxy groups -OCH3 is 3. The fraction of sp³-hybridized carbons (Fsp3) is 1.00. The Labute approximate surface area is 162 Å². The van der Waals surface area contributed by atoms with Crippen molar-refractivity contribution in [1.82, 2.24) is 4.90 Å². The third-order valence-corrected chi connectivity index (χ3v) is 5.36. The zero-order valence-corrected chi connectivity index (χ0v) is 18.4. The van der Waals surface area contributed by atoms with Crippen molar-refractivity contribution in [3.63, 3.8) is 0 Å². The Kier molecular flexibility index (Phi) is 14.7. The summed E-state index contributed by atoms with van der Waals surface area (Å²) >= 11 is 0. The third-order valence-electron chi connectivity index (χ3n) is 5.36. The normalized spacial score (nSPS) is 15.0. The summed E-state index contributed by atoms with van der Waals surface area (Å²) in [7, 11) is 4.96. The molecule has 0 aromatic carbocycles. The van der Waals surface area contributed by atoms with Crippen LogP contribution in [0, 0.1) is 11.8 Å². The summed E-state index contributed by atoms with van der Waals surface area (Å²) in [5, 5.41) is 9.56. The van der Waals surface area contributed by atoms with Crippen LogP contribution in [0.3, 0.4) is 0 Å². The quantitative estimate of drug-likeness (QED) is 0.304. The van der Waals surface area contributed by atoms with E-state index >= 15 is 0 Å². The predicted molar refractivity (Wildman–Crippen MR) is 108 cm³/mol. The Morgan fingerprint density at radius 1 is 0.923 bits per heavy atom. The van der Waals surface area contributed by atoms with Crippen LogP contribution in [0.25, 0.3) is 0 Å². The number of aliphatic hydroxyl groups excluding tert-OH is 1. The molecular formula is C21H45NO4. The fourth-order valence-corrected chi connectivity index (χ4v) is 4.03. The number of unbranched alkanes of at least 4 members (excludes halogenated alkanes) is 4. The fourth-order valence-electron chi connectivity index (χ4n) is 4.03. The van der Waals surface area contributed by atoms with E-state index in [2.05, 4.69) is 32.6 Å². The number of ether oxygens (including phenoxy) is 3. The van der Waals surface area contributed by atoms with Gasteiger partial charge in [-0.2, -0.15) is 0 Å². The lowest BCUT2D eigenvalue weighted by Gasteiger charge is -2.45. The molecule has 0 rings (SSSR count). The molecule has 0 fully saturated rings. The molecule has 0 aromatic rings. The van der Waals surface area contributed by atoms with E-state index < -0.39 is 5.97 Å². The van der Waals surface area contributed by atoms with Gasteiger partial charge in [0.15, 0.2) is 0 Å². The van der Waals surface area contributed by atoms with Crippen molar-refractivity contribution in [2.75, 3.05) is 41.0 Å². The number of likely N-dealkylation sites (N-methyl/N-ethyl adjacent to an activating group) is 1. The minimum Gasteiger partial charge on any atom is -0.395 e. The van der Waals surface area contributed by atoms with Gasteiger partial charge in [-0.25, -0.2) is 0 Å². The second-order valence-electron chi connectivity index (χ2n) is 7.57. The van der Waals surface area contributed by atoms with Gasteiger partial charge in [0.05, 0.1) is 12.5 Å². The van der Waals surface area contributed by atoms with Gasteiger partial charge >= 0.3 is 0 Å². The zero-order valence-electron chi connectivity index (χ0n) is 18.4. The minimum atomic E-state index is -1.05. The molecule has 0 amide bonds. The van der Waals surface area contributed by atoms with Gasteiger partial charge in [0.25, 0.3) is 5.97 Å². The summed E-state index contributed by atoms with van der Waals surface area (Å²) in [5.41, 5.74) is 0. The van der Waals surface area contributed by atoms with Gasteiger partial charge in [0.2, 0.25) is 0 Å². The topological polar surface area (TPSA) is 51.2 Å². The van der Waals surface area contributed by atoms with Crippen LogP contribution < -0.4 is 0 Å². The van der Waals surface area contributed by atoms with E-state index in [0.29, 0.717) is 12.5 Å². The van der Waals surface area contributed by atoms with Crippen molar-refractivity contribution in [2.45, 2.75) is 84.7 Å². The van der Waals surface area contributed by atoms with Crippen LogP contribution in [0.2, 0.25) is 0 Å². The lowest BCUT2D eigenvalue weighted by Crippen LogP contribution is -2.55. The molecule has 0 saturated carbocycles. The van der Waals surface area contributed by atoms with Crippen LogP contribution >= 0.6 is 0 Å². The summed E-state index contributed by atoms with van der Waals surface area (Å²) in [6.45, 7) is 10.6. The first-order valence-electron chi connectivity index (χ1n) is 10.5. The maximum Gasteiger partial charge on any atom is 0.286 e. The molecule has 1 N–H and O–H groups in total. The molecule has 5 nitrogen and oxygen atoms in total. The molecule has 0 heterocycles. The van der Waals surface area contributed by atoms with E-state index in [-0.39, 0.29) is 18.6 Å². The number of rotatable bonds is 17. The van der Waals surface area contributed by atoms with Gasteiger partial charge in [-0.1, -0.05) is 59.8 Å². The average Bonchev–Trinajstić information content (AvgIpc) is 2.64. The van der Waals surface area contributed by atoms with E-state index in [1.54, 1.807) is 21.3 Å². The Balaban J connectivity index is 5.52. The Morgan fingerprint density at radius 2 is 1.50 bits per heavy atom. The highest BCUT2D eigenvalue weighted by Crippen LogP contribution is 2.36. The average molecular weight is 376 g/mol. The monoisotopic (exact) mass is 375 g/mol. The maximum absolute atomic E-state index is 9.56. The number of aliphatic hydroxyl groups is 1. The molecule has 158 valence electrons. The van der Waals surface area contributed by atoms with Gasteiger partial charge in [0.1, 0.15) is 0 Å². The molecule has 2 atom stereocenters. The van der Waals surface area contributed by atoms with Crippen LogP contribution in [0.15, 0.2) is 0 Å². The maximum atomic E-state index is 9.56. The first-order chi connectivity index (χ1) is 12.5. The molecule has 0 spiro atoms. The highest BCUT2D eigenvalue weighted by Gasteiger charge is 2.46. The standard InChI is InChI=1S/C21H45NO4/c1-8-10-11-12-13-14-20(22(9-2)15-16-23)19(17-18(3)4)21(24-5,25-6)26-7/h18-20,23H,8-17H2,1-7H3. The second-order valence-corrected chi connectivity index (χ2v) is 7.57. The molecule has 5 heteroatoms. The highest BCUT2D eigenvalue weighted by atomic mass is 16.9. The Hall–Kier alpha value is -0.200. The summed E-state index contributed by atoms with van der Waals surface area (Å²) in [5.74, 6) is -0.489. The molecule has 0 aliphatic heterocycles. The first-order valence-corrected chi connectivity index (χ1v) is 10.5. The molecule has 0 aliphatic rings. The van der Waals surface area contributed by atoms with Crippen molar-refractivity contribution in [3.05, 3.63) is 0 Å². The van der Waals surface area contributed by atoms with Crippen molar-refractivity contribution < 1.29 is 19.3 Å². The summed E-state index contributed by atoms with van der Waals surface area (Å²) in [6, 6.07) is 0.246. The van der Waals surface area contributed by atoms with Crippen LogP contribution in [0.1, 0.15) is 72.6 Å². The van der Waals surface area contributed by atoms with Crippen LogP contribution in [0.4, 0.5) is 0 Å². The number of hydrogen-bond donors (Lipinski definition) is 1. The lowest BCUT2D eigenvalue weighted by molar-refractivity contribution is -0.387.